The topological polar surface area (TPSA) is 81.4 Å². The van der Waals surface area contributed by atoms with Crippen LogP contribution in [0.15, 0.2) is 41.3 Å². The number of methoxy groups -OCH3 is 1. The molecule has 0 unspecified atom stereocenters. The van der Waals surface area contributed by atoms with Crippen molar-refractivity contribution in [2.24, 2.45) is 0 Å². The minimum atomic E-state index is -4.17. The monoisotopic (exact) mass is 314 g/mol. The summed E-state index contributed by atoms with van der Waals surface area (Å²) < 4.78 is 57.6. The zero-order valence-electron chi connectivity index (χ0n) is 10.9. The van der Waals surface area contributed by atoms with E-state index in [1.807, 2.05) is 0 Å². The number of sulfonamides is 1. The minimum absolute atomic E-state index is 0.0546. The third-order valence-corrected chi connectivity index (χ3v) is 4.00. The fraction of sp³-hybridized carbons (Fsp3) is 0.0769. The Hall–Kier alpha value is -2.35. The van der Waals surface area contributed by atoms with Crippen molar-refractivity contribution in [1.29, 1.82) is 0 Å². The highest BCUT2D eigenvalue weighted by atomic mass is 32.2. The molecule has 112 valence electrons. The fourth-order valence-electron chi connectivity index (χ4n) is 1.64. The van der Waals surface area contributed by atoms with E-state index in [0.717, 1.165) is 0 Å². The molecule has 0 amide bonds. The number of rotatable bonds is 4. The second-order valence-corrected chi connectivity index (χ2v) is 5.85. The van der Waals surface area contributed by atoms with Crippen LogP contribution in [0.1, 0.15) is 0 Å². The predicted octanol–water partition coefficient (Wildman–Crippen LogP) is 2.36. The highest BCUT2D eigenvalue weighted by molar-refractivity contribution is 7.92. The number of nitrogens with two attached hydrogens (primary N) is 1. The highest BCUT2D eigenvalue weighted by Gasteiger charge is 2.18. The smallest absolute Gasteiger partial charge is 0.262 e. The Bertz CT molecular complexity index is 759. The Kier molecular flexibility index (Phi) is 3.99. The van der Waals surface area contributed by atoms with E-state index in [4.69, 9.17) is 10.5 Å². The summed E-state index contributed by atoms with van der Waals surface area (Å²) in [5.41, 5.74) is 5.86. The number of nitrogen functional groups attached to an aromatic ring is 1. The van der Waals surface area contributed by atoms with E-state index in [1.54, 1.807) is 6.07 Å². The molecule has 0 aliphatic rings. The van der Waals surface area contributed by atoms with Gasteiger partial charge in [-0.15, -0.1) is 0 Å². The lowest BCUT2D eigenvalue weighted by Gasteiger charge is -2.12. The van der Waals surface area contributed by atoms with Gasteiger partial charge in [-0.2, -0.15) is 0 Å². The lowest BCUT2D eigenvalue weighted by atomic mass is 10.2. The Morgan fingerprint density at radius 3 is 2.29 bits per heavy atom. The van der Waals surface area contributed by atoms with Crippen molar-refractivity contribution in [3.8, 4) is 5.75 Å². The van der Waals surface area contributed by atoms with Crippen LogP contribution >= 0.6 is 0 Å². The molecule has 0 saturated heterocycles. The van der Waals surface area contributed by atoms with E-state index < -0.39 is 26.6 Å². The summed E-state index contributed by atoms with van der Waals surface area (Å²) in [5.74, 6) is -1.60. The van der Waals surface area contributed by atoms with Gasteiger partial charge in [0.1, 0.15) is 17.4 Å². The van der Waals surface area contributed by atoms with E-state index in [0.29, 0.717) is 23.9 Å². The van der Waals surface area contributed by atoms with Gasteiger partial charge in [0.05, 0.1) is 23.4 Å². The van der Waals surface area contributed by atoms with Crippen molar-refractivity contribution in [3.05, 3.63) is 48.0 Å². The van der Waals surface area contributed by atoms with Gasteiger partial charge in [0.15, 0.2) is 0 Å². The van der Waals surface area contributed by atoms with Crippen LogP contribution in [0.5, 0.6) is 5.75 Å². The zero-order chi connectivity index (χ0) is 15.6. The maximum Gasteiger partial charge on any atom is 0.262 e. The second-order valence-electron chi connectivity index (χ2n) is 4.16. The first-order valence-electron chi connectivity index (χ1n) is 5.74. The van der Waals surface area contributed by atoms with Crippen molar-refractivity contribution in [3.63, 3.8) is 0 Å². The van der Waals surface area contributed by atoms with Crippen LogP contribution in [0.4, 0.5) is 20.2 Å². The quantitative estimate of drug-likeness (QED) is 0.849. The average molecular weight is 314 g/mol. The average Bonchev–Trinajstić information content (AvgIpc) is 2.40. The molecular formula is C13H12F2N2O3S. The van der Waals surface area contributed by atoms with E-state index in [1.165, 1.54) is 19.2 Å². The Labute approximate surface area is 120 Å². The molecule has 0 saturated carbocycles. The van der Waals surface area contributed by atoms with Gasteiger partial charge >= 0.3 is 0 Å². The summed E-state index contributed by atoms with van der Waals surface area (Å²) in [7, 11) is -2.76. The zero-order valence-corrected chi connectivity index (χ0v) is 11.7. The molecule has 0 atom stereocenters. The van der Waals surface area contributed by atoms with Gasteiger partial charge in [-0.3, -0.25) is 4.72 Å². The largest absolute Gasteiger partial charge is 0.497 e. The third-order valence-electron chi connectivity index (χ3n) is 2.65. The first kappa shape index (κ1) is 15.0. The van der Waals surface area contributed by atoms with E-state index in [9.17, 15) is 17.2 Å². The van der Waals surface area contributed by atoms with Crippen LogP contribution in [0.25, 0.3) is 0 Å². The van der Waals surface area contributed by atoms with E-state index in [-0.39, 0.29) is 11.4 Å². The van der Waals surface area contributed by atoms with Crippen LogP contribution in [0.2, 0.25) is 0 Å². The number of hydrogen-bond donors (Lipinski definition) is 2. The number of halogens is 2. The molecule has 0 bridgehead atoms. The van der Waals surface area contributed by atoms with Gasteiger partial charge in [-0.25, -0.2) is 17.2 Å². The Morgan fingerprint density at radius 2 is 1.71 bits per heavy atom. The van der Waals surface area contributed by atoms with E-state index in [2.05, 4.69) is 4.72 Å². The SMILES string of the molecule is COc1ccc(N)c(NS(=O)(=O)c2cc(F)cc(F)c2)c1. The summed E-state index contributed by atoms with van der Waals surface area (Å²) in [5, 5.41) is 0. The van der Waals surface area contributed by atoms with Gasteiger partial charge in [0.25, 0.3) is 10.0 Å². The van der Waals surface area contributed by atoms with Crippen LogP contribution in [0.3, 0.4) is 0 Å². The molecule has 0 radical (unpaired) electrons. The molecule has 21 heavy (non-hydrogen) atoms. The first-order chi connectivity index (χ1) is 9.81. The van der Waals surface area contributed by atoms with Crippen LogP contribution in [-0.4, -0.2) is 15.5 Å². The number of nitrogens with one attached hydrogen (secondary N) is 1. The molecule has 0 aliphatic carbocycles. The van der Waals surface area contributed by atoms with Crippen LogP contribution < -0.4 is 15.2 Å². The molecule has 0 heterocycles. The van der Waals surface area contributed by atoms with Gasteiger partial charge in [0.2, 0.25) is 0 Å². The second kappa shape index (κ2) is 5.57. The Balaban J connectivity index is 2.41. The predicted molar refractivity (Wildman–Crippen MR) is 74.6 cm³/mol. The van der Waals surface area contributed by atoms with Gasteiger partial charge < -0.3 is 10.5 Å². The van der Waals surface area contributed by atoms with Gasteiger partial charge in [-0.1, -0.05) is 0 Å². The van der Waals surface area contributed by atoms with Crippen molar-refractivity contribution in [2.75, 3.05) is 17.6 Å². The molecule has 2 rings (SSSR count). The molecule has 2 aromatic carbocycles. The van der Waals surface area contributed by atoms with Gasteiger partial charge in [0, 0.05) is 12.1 Å². The van der Waals surface area contributed by atoms with Crippen LogP contribution in [0, 0.1) is 11.6 Å². The van der Waals surface area contributed by atoms with Crippen LogP contribution in [-0.2, 0) is 10.0 Å². The van der Waals surface area contributed by atoms with Crippen molar-refractivity contribution >= 4 is 21.4 Å². The van der Waals surface area contributed by atoms with Crippen molar-refractivity contribution in [1.82, 2.24) is 0 Å². The van der Waals surface area contributed by atoms with Crippen molar-refractivity contribution < 1.29 is 21.9 Å². The molecule has 0 spiro atoms. The molecule has 0 aliphatic heterocycles. The lowest BCUT2D eigenvalue weighted by molar-refractivity contribution is 0.415. The normalized spacial score (nSPS) is 11.2. The molecule has 0 aromatic heterocycles. The molecule has 8 heteroatoms. The van der Waals surface area contributed by atoms with Crippen molar-refractivity contribution in [2.45, 2.75) is 4.90 Å². The maximum atomic E-state index is 13.1. The Morgan fingerprint density at radius 1 is 1.10 bits per heavy atom. The third kappa shape index (κ3) is 3.40. The minimum Gasteiger partial charge on any atom is -0.497 e. The number of benzene rings is 2. The number of anilines is 2. The molecule has 0 fully saturated rings. The summed E-state index contributed by atoms with van der Waals surface area (Å²) >= 11 is 0. The standard InChI is InChI=1S/C13H12F2N2O3S/c1-20-10-2-3-12(16)13(7-10)17-21(18,19)11-5-8(14)4-9(15)6-11/h2-7,17H,16H2,1H3. The number of hydrogen-bond acceptors (Lipinski definition) is 4. The summed E-state index contributed by atoms with van der Waals surface area (Å²) in [6, 6.07) is 6.36. The van der Waals surface area contributed by atoms with Gasteiger partial charge in [-0.05, 0) is 24.3 Å². The molecular weight excluding hydrogens is 302 g/mol. The molecule has 2 aromatic rings. The summed E-state index contributed by atoms with van der Waals surface area (Å²) in [6.07, 6.45) is 0. The first-order valence-corrected chi connectivity index (χ1v) is 7.22. The summed E-state index contributed by atoms with van der Waals surface area (Å²) in [6.45, 7) is 0. The lowest BCUT2D eigenvalue weighted by Crippen LogP contribution is -2.14. The highest BCUT2D eigenvalue weighted by Crippen LogP contribution is 2.27. The van der Waals surface area contributed by atoms with E-state index >= 15 is 0 Å². The maximum absolute atomic E-state index is 13.1. The molecule has 3 N–H and O–H groups in total. The molecule has 5 nitrogen and oxygen atoms in total. The number of ether oxygens (including phenoxy) is 1. The summed E-state index contributed by atoms with van der Waals surface area (Å²) in [4.78, 5) is -0.540. The fourth-order valence-corrected chi connectivity index (χ4v) is 2.76.